The third kappa shape index (κ3) is 3.65. The molecular weight excluding hydrogens is 290 g/mol. The van der Waals surface area contributed by atoms with Crippen molar-refractivity contribution in [3.05, 3.63) is 16.9 Å². The second kappa shape index (κ2) is 6.46. The summed E-state index contributed by atoms with van der Waals surface area (Å²) in [7, 11) is 3.92. The summed E-state index contributed by atoms with van der Waals surface area (Å²) in [5, 5.41) is 15.2. The van der Waals surface area contributed by atoms with Crippen LogP contribution in [-0.4, -0.2) is 51.8 Å². The molecule has 0 unspecified atom stereocenters. The summed E-state index contributed by atoms with van der Waals surface area (Å²) in [4.78, 5) is 14.8. The summed E-state index contributed by atoms with van der Waals surface area (Å²) in [5.41, 5.74) is -0.943. The van der Waals surface area contributed by atoms with Gasteiger partial charge in [0, 0.05) is 6.54 Å². The Morgan fingerprint density at radius 3 is 2.71 bits per heavy atom. The van der Waals surface area contributed by atoms with Gasteiger partial charge in [-0.1, -0.05) is 18.5 Å². The Morgan fingerprint density at radius 1 is 1.52 bits per heavy atom. The number of rotatable bonds is 5. The van der Waals surface area contributed by atoms with E-state index in [1.54, 1.807) is 4.68 Å². The molecule has 1 heterocycles. The van der Waals surface area contributed by atoms with Gasteiger partial charge in [0.1, 0.15) is 11.3 Å². The van der Waals surface area contributed by atoms with Crippen molar-refractivity contribution in [1.29, 1.82) is 0 Å². The van der Waals surface area contributed by atoms with Crippen molar-refractivity contribution in [3.63, 3.8) is 0 Å². The van der Waals surface area contributed by atoms with Crippen molar-refractivity contribution in [2.45, 2.75) is 44.8 Å². The summed E-state index contributed by atoms with van der Waals surface area (Å²) in [6.07, 6.45) is 4.22. The van der Waals surface area contributed by atoms with E-state index >= 15 is 0 Å². The highest BCUT2D eigenvalue weighted by Crippen LogP contribution is 2.35. The van der Waals surface area contributed by atoms with Gasteiger partial charge in [-0.3, -0.25) is 9.48 Å². The molecule has 1 aliphatic carbocycles. The zero-order chi connectivity index (χ0) is 15.6. The average molecular weight is 314 g/mol. The molecule has 1 fully saturated rings. The van der Waals surface area contributed by atoms with Gasteiger partial charge < -0.3 is 10.0 Å². The van der Waals surface area contributed by atoms with Crippen molar-refractivity contribution >= 4 is 17.4 Å². The van der Waals surface area contributed by atoms with E-state index in [-0.39, 0.29) is 5.78 Å². The van der Waals surface area contributed by atoms with Gasteiger partial charge in [-0.15, -0.1) is 0 Å². The summed E-state index contributed by atoms with van der Waals surface area (Å²) in [5.74, 6) is 0.280. The Hall–Kier alpha value is -0.910. The Balaban J connectivity index is 2.20. The molecule has 0 amide bonds. The van der Waals surface area contributed by atoms with Crippen LogP contribution in [0.1, 0.15) is 43.1 Å². The molecule has 0 saturated heterocycles. The minimum absolute atomic E-state index is 0.282. The summed E-state index contributed by atoms with van der Waals surface area (Å²) in [6.45, 7) is 3.49. The summed E-state index contributed by atoms with van der Waals surface area (Å²) >= 11 is 6.14. The third-order valence-corrected chi connectivity index (χ3v) is 4.57. The molecule has 1 N–H and O–H groups in total. The van der Waals surface area contributed by atoms with E-state index < -0.39 is 5.60 Å². The minimum Gasteiger partial charge on any atom is -0.382 e. The molecule has 5 nitrogen and oxygen atoms in total. The van der Waals surface area contributed by atoms with Crippen molar-refractivity contribution < 1.29 is 9.90 Å². The zero-order valence-electron chi connectivity index (χ0n) is 13.0. The van der Waals surface area contributed by atoms with E-state index in [0.29, 0.717) is 36.0 Å². The molecule has 6 heteroatoms. The minimum atomic E-state index is -1.29. The maximum Gasteiger partial charge on any atom is 0.213 e. The van der Waals surface area contributed by atoms with Gasteiger partial charge in [0.05, 0.1) is 17.8 Å². The Kier molecular flexibility index (Phi) is 5.07. The fourth-order valence-electron chi connectivity index (χ4n) is 2.74. The molecule has 0 radical (unpaired) electrons. The van der Waals surface area contributed by atoms with Crippen LogP contribution in [0.25, 0.3) is 0 Å². The maximum atomic E-state index is 12.8. The van der Waals surface area contributed by atoms with Crippen LogP contribution < -0.4 is 0 Å². The zero-order valence-corrected chi connectivity index (χ0v) is 13.7. The molecule has 118 valence electrons. The number of carbonyl (C=O) groups excluding carboxylic acids is 1. The molecule has 0 spiro atoms. The highest BCUT2D eigenvalue weighted by atomic mass is 35.5. The third-order valence-electron chi connectivity index (χ3n) is 4.29. The lowest BCUT2D eigenvalue weighted by molar-refractivity contribution is 0.00334. The van der Waals surface area contributed by atoms with Crippen LogP contribution in [0.3, 0.4) is 0 Å². The van der Waals surface area contributed by atoms with Gasteiger partial charge in [0.2, 0.25) is 5.78 Å². The van der Waals surface area contributed by atoms with E-state index in [4.69, 9.17) is 11.6 Å². The number of aromatic nitrogens is 2. The van der Waals surface area contributed by atoms with Crippen LogP contribution in [0.2, 0.25) is 5.02 Å². The lowest BCUT2D eigenvalue weighted by atomic mass is 9.76. The van der Waals surface area contributed by atoms with Crippen molar-refractivity contribution in [3.8, 4) is 0 Å². The Morgan fingerprint density at radius 2 is 2.14 bits per heavy atom. The number of aliphatic hydroxyl groups is 1. The second-order valence-electron chi connectivity index (χ2n) is 6.41. The predicted molar refractivity (Wildman–Crippen MR) is 82.7 cm³/mol. The highest BCUT2D eigenvalue weighted by Gasteiger charge is 2.41. The standard InChI is InChI=1S/C15H24ClN3O2/c1-11-4-6-15(21,7-5-11)14(20)13-12(16)10-17-19(13)9-8-18(2)3/h10-11,21H,4-9H2,1-3H3. The lowest BCUT2D eigenvalue weighted by Gasteiger charge is -2.33. The molecule has 0 bridgehead atoms. The molecule has 1 aromatic heterocycles. The van der Waals surface area contributed by atoms with E-state index in [1.165, 1.54) is 6.20 Å². The molecule has 0 atom stereocenters. The predicted octanol–water partition coefficient (Wildman–Crippen LogP) is 2.22. The smallest absolute Gasteiger partial charge is 0.213 e. The van der Waals surface area contributed by atoms with Crippen molar-refractivity contribution in [1.82, 2.24) is 14.7 Å². The van der Waals surface area contributed by atoms with Gasteiger partial charge in [0.15, 0.2) is 0 Å². The lowest BCUT2D eigenvalue weighted by Crippen LogP contribution is -2.43. The number of hydrogen-bond donors (Lipinski definition) is 1. The fraction of sp³-hybridized carbons (Fsp3) is 0.733. The molecule has 21 heavy (non-hydrogen) atoms. The highest BCUT2D eigenvalue weighted by molar-refractivity contribution is 6.34. The quantitative estimate of drug-likeness (QED) is 0.847. The van der Waals surface area contributed by atoms with Gasteiger partial charge in [-0.2, -0.15) is 5.10 Å². The normalized spacial score (nSPS) is 26.3. The summed E-state index contributed by atoms with van der Waals surface area (Å²) in [6, 6.07) is 0. The van der Waals surface area contributed by atoms with Crippen molar-refractivity contribution in [2.75, 3.05) is 20.6 Å². The molecule has 0 aromatic carbocycles. The van der Waals surface area contributed by atoms with Crippen LogP contribution in [0.15, 0.2) is 6.20 Å². The average Bonchev–Trinajstić information content (AvgIpc) is 2.80. The van der Waals surface area contributed by atoms with E-state index in [1.807, 2.05) is 19.0 Å². The molecular formula is C15H24ClN3O2. The monoisotopic (exact) mass is 313 g/mol. The molecule has 2 rings (SSSR count). The van der Waals surface area contributed by atoms with Crippen molar-refractivity contribution in [2.24, 2.45) is 5.92 Å². The molecule has 0 aliphatic heterocycles. The maximum absolute atomic E-state index is 12.8. The summed E-state index contributed by atoms with van der Waals surface area (Å²) < 4.78 is 1.61. The largest absolute Gasteiger partial charge is 0.382 e. The molecule has 1 aliphatic rings. The Labute approximate surface area is 130 Å². The number of ketones is 1. The number of likely N-dealkylation sites (N-methyl/N-ethyl adjacent to an activating group) is 1. The number of halogens is 1. The van der Waals surface area contributed by atoms with Gasteiger partial charge >= 0.3 is 0 Å². The molecule has 1 aromatic rings. The SMILES string of the molecule is CC1CCC(O)(C(=O)c2c(Cl)cnn2CCN(C)C)CC1. The van der Waals surface area contributed by atoms with Gasteiger partial charge in [-0.25, -0.2) is 0 Å². The van der Waals surface area contributed by atoms with Crippen LogP contribution in [0.4, 0.5) is 0 Å². The van der Waals surface area contributed by atoms with E-state index in [2.05, 4.69) is 12.0 Å². The number of Topliss-reactive ketones (excluding diaryl/α,β-unsaturated/α-hetero) is 1. The van der Waals surface area contributed by atoms with E-state index in [0.717, 1.165) is 19.4 Å². The number of nitrogens with zero attached hydrogens (tertiary/aromatic N) is 3. The van der Waals surface area contributed by atoms with E-state index in [9.17, 15) is 9.90 Å². The van der Waals surface area contributed by atoms with Crippen LogP contribution in [-0.2, 0) is 6.54 Å². The first kappa shape index (κ1) is 16.5. The van der Waals surface area contributed by atoms with Crippen LogP contribution >= 0.6 is 11.6 Å². The van der Waals surface area contributed by atoms with Crippen LogP contribution in [0, 0.1) is 5.92 Å². The van der Waals surface area contributed by atoms with Gasteiger partial charge in [0.25, 0.3) is 0 Å². The molecule has 1 saturated carbocycles. The van der Waals surface area contributed by atoms with Crippen LogP contribution in [0.5, 0.6) is 0 Å². The second-order valence-corrected chi connectivity index (χ2v) is 6.82. The number of carbonyl (C=O) groups is 1. The first-order chi connectivity index (χ1) is 9.83. The number of hydrogen-bond acceptors (Lipinski definition) is 4. The van der Waals surface area contributed by atoms with Gasteiger partial charge in [-0.05, 0) is 45.7 Å². The Bertz CT molecular complexity index is 505. The topological polar surface area (TPSA) is 58.4 Å². The fourth-order valence-corrected chi connectivity index (χ4v) is 2.97. The first-order valence-electron chi connectivity index (χ1n) is 7.47. The first-order valence-corrected chi connectivity index (χ1v) is 7.84.